The number of likely N-dealkylation sites (N-methyl/N-ethyl adjacent to an activating group) is 1. The number of carbonyl (C=O) groups excluding carboxylic acids is 1. The number of amides is 1. The molecule has 4 heteroatoms. The fourth-order valence-corrected chi connectivity index (χ4v) is 2.15. The third-order valence-corrected chi connectivity index (χ3v) is 3.00. The minimum atomic E-state index is -0.409. The molecule has 0 aliphatic carbocycles. The van der Waals surface area contributed by atoms with Gasteiger partial charge in [-0.05, 0) is 47.2 Å². The van der Waals surface area contributed by atoms with Crippen molar-refractivity contribution >= 4 is 6.09 Å². The second-order valence-corrected chi connectivity index (χ2v) is 5.85. The Kier molecular flexibility index (Phi) is 4.80. The number of ether oxygens (including phenoxy) is 1. The van der Waals surface area contributed by atoms with Crippen LogP contribution in [0.25, 0.3) is 0 Å². The van der Waals surface area contributed by atoms with Gasteiger partial charge in [0.25, 0.3) is 0 Å². The van der Waals surface area contributed by atoms with Crippen LogP contribution in [0.2, 0.25) is 0 Å². The normalized spacial score (nSPS) is 23.4. The molecule has 0 aromatic heterocycles. The second-order valence-electron chi connectivity index (χ2n) is 5.85. The van der Waals surface area contributed by atoms with E-state index in [9.17, 15) is 4.79 Å². The number of hydrogen-bond donors (Lipinski definition) is 0. The zero-order valence-electron chi connectivity index (χ0n) is 11.8. The van der Waals surface area contributed by atoms with Crippen LogP contribution in [0, 0.1) is 0 Å². The van der Waals surface area contributed by atoms with Gasteiger partial charge in [0, 0.05) is 19.1 Å². The minimum absolute atomic E-state index is 0.167. The van der Waals surface area contributed by atoms with Gasteiger partial charge in [-0.3, -0.25) is 0 Å². The van der Waals surface area contributed by atoms with Crippen molar-refractivity contribution in [3.63, 3.8) is 0 Å². The van der Waals surface area contributed by atoms with Crippen molar-refractivity contribution in [3.05, 3.63) is 0 Å². The number of rotatable bonds is 1. The van der Waals surface area contributed by atoms with Gasteiger partial charge in [0.2, 0.25) is 0 Å². The maximum absolute atomic E-state index is 12.1. The van der Waals surface area contributed by atoms with Gasteiger partial charge in [0.15, 0.2) is 0 Å². The van der Waals surface area contributed by atoms with Crippen LogP contribution in [-0.2, 0) is 4.74 Å². The molecule has 1 atom stereocenters. The van der Waals surface area contributed by atoms with Crippen LogP contribution in [0.3, 0.4) is 0 Å². The third kappa shape index (κ3) is 4.54. The summed E-state index contributed by atoms with van der Waals surface area (Å²) in [5, 5.41) is 0. The number of carbonyl (C=O) groups is 1. The lowest BCUT2D eigenvalue weighted by molar-refractivity contribution is 0.0162. The molecule has 0 spiro atoms. The van der Waals surface area contributed by atoms with E-state index in [0.717, 1.165) is 32.5 Å². The fourth-order valence-electron chi connectivity index (χ4n) is 2.15. The van der Waals surface area contributed by atoms with E-state index < -0.39 is 5.60 Å². The summed E-state index contributed by atoms with van der Waals surface area (Å²) in [5.74, 6) is 0. The number of nitrogens with zero attached hydrogens (tertiary/aromatic N) is 2. The molecule has 0 aromatic rings. The Bertz CT molecular complexity index is 261. The average molecular weight is 242 g/mol. The van der Waals surface area contributed by atoms with E-state index in [1.54, 1.807) is 0 Å². The Balaban J connectivity index is 2.68. The molecule has 1 aliphatic heterocycles. The van der Waals surface area contributed by atoms with Crippen LogP contribution in [0.15, 0.2) is 0 Å². The highest BCUT2D eigenvalue weighted by Gasteiger charge is 2.29. The van der Waals surface area contributed by atoms with Gasteiger partial charge in [-0.1, -0.05) is 6.92 Å². The standard InChI is InChI=1S/C13H26N2O2/c1-6-11-10-14(5)8-7-9-15(11)12(16)17-13(2,3)4/h11H,6-10H2,1-5H3. The van der Waals surface area contributed by atoms with Gasteiger partial charge in [-0.2, -0.15) is 0 Å². The SMILES string of the molecule is CCC1CN(C)CCCN1C(=O)OC(C)(C)C. The highest BCUT2D eigenvalue weighted by Crippen LogP contribution is 2.16. The highest BCUT2D eigenvalue weighted by molar-refractivity contribution is 5.68. The lowest BCUT2D eigenvalue weighted by Crippen LogP contribution is -2.45. The summed E-state index contributed by atoms with van der Waals surface area (Å²) in [5.41, 5.74) is -0.409. The molecule has 4 nitrogen and oxygen atoms in total. The first-order valence-corrected chi connectivity index (χ1v) is 6.51. The zero-order valence-corrected chi connectivity index (χ0v) is 11.8. The molecule has 0 N–H and O–H groups in total. The maximum Gasteiger partial charge on any atom is 0.410 e. The summed E-state index contributed by atoms with van der Waals surface area (Å²) in [4.78, 5) is 16.3. The smallest absolute Gasteiger partial charge is 0.410 e. The maximum atomic E-state index is 12.1. The molecule has 0 bridgehead atoms. The summed E-state index contributed by atoms with van der Waals surface area (Å²) < 4.78 is 5.47. The molecule has 1 amide bonds. The summed E-state index contributed by atoms with van der Waals surface area (Å²) in [7, 11) is 2.11. The molecule has 1 heterocycles. The van der Waals surface area contributed by atoms with E-state index in [1.807, 2.05) is 25.7 Å². The molecule has 1 fully saturated rings. The zero-order chi connectivity index (χ0) is 13.1. The lowest BCUT2D eigenvalue weighted by atomic mass is 10.2. The van der Waals surface area contributed by atoms with E-state index in [4.69, 9.17) is 4.74 Å². The molecular formula is C13H26N2O2. The van der Waals surface area contributed by atoms with Crippen LogP contribution in [0.5, 0.6) is 0 Å². The van der Waals surface area contributed by atoms with Crippen LogP contribution < -0.4 is 0 Å². The fraction of sp³-hybridized carbons (Fsp3) is 0.923. The predicted molar refractivity (Wildman–Crippen MR) is 69.1 cm³/mol. The predicted octanol–water partition coefficient (Wildman–Crippen LogP) is 2.34. The quantitative estimate of drug-likeness (QED) is 0.707. The Morgan fingerprint density at radius 2 is 2.00 bits per heavy atom. The molecule has 1 aliphatic rings. The van der Waals surface area contributed by atoms with Crippen molar-refractivity contribution < 1.29 is 9.53 Å². The Morgan fingerprint density at radius 3 is 2.53 bits per heavy atom. The van der Waals surface area contributed by atoms with E-state index >= 15 is 0 Å². The molecule has 17 heavy (non-hydrogen) atoms. The average Bonchev–Trinajstić information content (AvgIpc) is 2.36. The summed E-state index contributed by atoms with van der Waals surface area (Å²) >= 11 is 0. The van der Waals surface area contributed by atoms with E-state index in [1.165, 1.54) is 0 Å². The van der Waals surface area contributed by atoms with Crippen molar-refractivity contribution in [2.75, 3.05) is 26.7 Å². The molecule has 0 radical (unpaired) electrons. The van der Waals surface area contributed by atoms with Crippen LogP contribution in [0.1, 0.15) is 40.5 Å². The van der Waals surface area contributed by atoms with Gasteiger partial charge in [-0.15, -0.1) is 0 Å². The molecule has 1 rings (SSSR count). The third-order valence-electron chi connectivity index (χ3n) is 3.00. The topological polar surface area (TPSA) is 32.8 Å². The van der Waals surface area contributed by atoms with Gasteiger partial charge >= 0.3 is 6.09 Å². The van der Waals surface area contributed by atoms with Crippen LogP contribution in [-0.4, -0.2) is 54.2 Å². The Morgan fingerprint density at radius 1 is 1.35 bits per heavy atom. The molecule has 1 unspecified atom stereocenters. The first-order valence-electron chi connectivity index (χ1n) is 6.51. The van der Waals surface area contributed by atoms with Gasteiger partial charge < -0.3 is 14.5 Å². The van der Waals surface area contributed by atoms with E-state index in [-0.39, 0.29) is 12.1 Å². The molecular weight excluding hydrogens is 216 g/mol. The van der Waals surface area contributed by atoms with Crippen molar-refractivity contribution in [1.82, 2.24) is 9.80 Å². The molecule has 0 saturated carbocycles. The van der Waals surface area contributed by atoms with Crippen LogP contribution in [0.4, 0.5) is 4.79 Å². The highest BCUT2D eigenvalue weighted by atomic mass is 16.6. The molecule has 0 aromatic carbocycles. The largest absolute Gasteiger partial charge is 0.444 e. The Labute approximate surface area is 105 Å². The summed E-state index contributed by atoms with van der Waals surface area (Å²) in [6.45, 7) is 10.7. The lowest BCUT2D eigenvalue weighted by Gasteiger charge is -2.32. The van der Waals surface area contributed by atoms with Gasteiger partial charge in [-0.25, -0.2) is 4.79 Å². The van der Waals surface area contributed by atoms with Crippen molar-refractivity contribution in [3.8, 4) is 0 Å². The Hall–Kier alpha value is -0.770. The van der Waals surface area contributed by atoms with Crippen molar-refractivity contribution in [1.29, 1.82) is 0 Å². The molecule has 100 valence electrons. The monoisotopic (exact) mass is 242 g/mol. The first-order chi connectivity index (χ1) is 7.83. The van der Waals surface area contributed by atoms with Crippen LogP contribution >= 0.6 is 0 Å². The summed E-state index contributed by atoms with van der Waals surface area (Å²) in [6.07, 6.45) is 1.83. The first kappa shape index (κ1) is 14.3. The molecule has 1 saturated heterocycles. The van der Waals surface area contributed by atoms with Gasteiger partial charge in [0.1, 0.15) is 5.60 Å². The van der Waals surface area contributed by atoms with E-state index in [0.29, 0.717) is 0 Å². The van der Waals surface area contributed by atoms with Gasteiger partial charge in [0.05, 0.1) is 0 Å². The van der Waals surface area contributed by atoms with E-state index in [2.05, 4.69) is 18.9 Å². The number of hydrogen-bond acceptors (Lipinski definition) is 3. The summed E-state index contributed by atoms with van der Waals surface area (Å²) in [6, 6.07) is 0.275. The second kappa shape index (κ2) is 5.71. The van der Waals surface area contributed by atoms with Crippen molar-refractivity contribution in [2.45, 2.75) is 52.2 Å². The minimum Gasteiger partial charge on any atom is -0.444 e. The van der Waals surface area contributed by atoms with Crippen molar-refractivity contribution in [2.24, 2.45) is 0 Å².